The summed E-state index contributed by atoms with van der Waals surface area (Å²) in [6.45, 7) is 6.16. The summed E-state index contributed by atoms with van der Waals surface area (Å²) < 4.78 is 16.2. The van der Waals surface area contributed by atoms with Gasteiger partial charge in [0.25, 0.3) is 0 Å². The molecule has 1 N–H and O–H groups in total. The lowest BCUT2D eigenvalue weighted by molar-refractivity contribution is 0.108. The van der Waals surface area contributed by atoms with E-state index in [1.54, 1.807) is 6.07 Å². The van der Waals surface area contributed by atoms with Gasteiger partial charge in [-0.15, -0.1) is 0 Å². The second-order valence-electron chi connectivity index (χ2n) is 3.42. The predicted octanol–water partition coefficient (Wildman–Crippen LogP) is 1.99. The summed E-state index contributed by atoms with van der Waals surface area (Å²) in [5, 5.41) is 9.05. The molecule has 0 saturated heterocycles. The second kappa shape index (κ2) is 7.92. The first-order chi connectivity index (χ1) is 8.31. The first-order valence-electron chi connectivity index (χ1n) is 5.88. The summed E-state index contributed by atoms with van der Waals surface area (Å²) in [6.07, 6.45) is 0. The van der Waals surface area contributed by atoms with Crippen molar-refractivity contribution in [2.24, 2.45) is 0 Å². The van der Waals surface area contributed by atoms with Crippen molar-refractivity contribution in [3.8, 4) is 11.5 Å². The van der Waals surface area contributed by atoms with Gasteiger partial charge in [0.05, 0.1) is 19.8 Å². The van der Waals surface area contributed by atoms with Gasteiger partial charge in [-0.25, -0.2) is 0 Å². The quantitative estimate of drug-likeness (QED) is 0.706. The number of rotatable bonds is 8. The Hall–Kier alpha value is -1.26. The monoisotopic (exact) mass is 240 g/mol. The van der Waals surface area contributed by atoms with Crippen LogP contribution in [0, 0.1) is 0 Å². The van der Waals surface area contributed by atoms with Gasteiger partial charge in [0.2, 0.25) is 0 Å². The van der Waals surface area contributed by atoms with Gasteiger partial charge in [0, 0.05) is 6.61 Å². The lowest BCUT2D eigenvalue weighted by atomic mass is 10.2. The smallest absolute Gasteiger partial charge is 0.161 e. The molecule has 0 spiro atoms. The van der Waals surface area contributed by atoms with Crippen LogP contribution in [0.3, 0.4) is 0 Å². The van der Waals surface area contributed by atoms with E-state index in [0.29, 0.717) is 37.9 Å². The third kappa shape index (κ3) is 4.63. The van der Waals surface area contributed by atoms with Crippen LogP contribution in [0.5, 0.6) is 11.5 Å². The highest BCUT2D eigenvalue weighted by atomic mass is 16.5. The molecule has 0 aliphatic rings. The molecule has 0 aliphatic carbocycles. The fraction of sp³-hybridized carbons (Fsp3) is 0.538. The zero-order valence-electron chi connectivity index (χ0n) is 10.4. The Morgan fingerprint density at radius 3 is 2.47 bits per heavy atom. The molecule has 96 valence electrons. The second-order valence-corrected chi connectivity index (χ2v) is 3.42. The molecule has 0 fully saturated rings. The molecule has 1 rings (SSSR count). The molecule has 0 radical (unpaired) electrons. The van der Waals surface area contributed by atoms with Gasteiger partial charge in [0.15, 0.2) is 11.5 Å². The van der Waals surface area contributed by atoms with E-state index in [1.807, 2.05) is 26.0 Å². The number of hydrogen-bond acceptors (Lipinski definition) is 4. The van der Waals surface area contributed by atoms with Gasteiger partial charge in [-0.05, 0) is 31.5 Å². The highest BCUT2D eigenvalue weighted by Crippen LogP contribution is 2.28. The number of hydrogen-bond donors (Lipinski definition) is 1. The van der Waals surface area contributed by atoms with E-state index in [9.17, 15) is 0 Å². The van der Waals surface area contributed by atoms with Crippen molar-refractivity contribution in [2.75, 3.05) is 26.4 Å². The minimum atomic E-state index is -0.000694. The van der Waals surface area contributed by atoms with E-state index >= 15 is 0 Å². The maximum absolute atomic E-state index is 9.05. The number of benzene rings is 1. The zero-order valence-corrected chi connectivity index (χ0v) is 10.4. The number of aliphatic hydroxyl groups is 1. The van der Waals surface area contributed by atoms with Crippen LogP contribution in [-0.2, 0) is 11.3 Å². The highest BCUT2D eigenvalue weighted by molar-refractivity contribution is 5.42. The van der Waals surface area contributed by atoms with Crippen molar-refractivity contribution in [3.63, 3.8) is 0 Å². The summed E-state index contributed by atoms with van der Waals surface area (Å²) in [6, 6.07) is 5.42. The van der Waals surface area contributed by atoms with Crippen molar-refractivity contribution >= 4 is 0 Å². The van der Waals surface area contributed by atoms with Crippen molar-refractivity contribution in [1.82, 2.24) is 0 Å². The number of ether oxygens (including phenoxy) is 3. The van der Waals surface area contributed by atoms with Crippen LogP contribution in [0.15, 0.2) is 18.2 Å². The van der Waals surface area contributed by atoms with Crippen molar-refractivity contribution in [3.05, 3.63) is 23.8 Å². The Labute approximate surface area is 102 Å². The normalized spacial score (nSPS) is 10.3. The van der Waals surface area contributed by atoms with Crippen LogP contribution >= 0.6 is 0 Å². The van der Waals surface area contributed by atoms with Crippen molar-refractivity contribution < 1.29 is 19.3 Å². The van der Waals surface area contributed by atoms with Crippen LogP contribution < -0.4 is 9.47 Å². The van der Waals surface area contributed by atoms with Crippen LogP contribution in [0.25, 0.3) is 0 Å². The third-order valence-corrected chi connectivity index (χ3v) is 2.18. The standard InChI is InChI=1S/C13H20O4/c1-3-15-7-8-17-12-6-5-11(10-14)9-13(12)16-4-2/h5-6,9,14H,3-4,7-8,10H2,1-2H3. The lowest BCUT2D eigenvalue weighted by Gasteiger charge is -2.12. The maximum atomic E-state index is 9.05. The van der Waals surface area contributed by atoms with Gasteiger partial charge in [-0.1, -0.05) is 6.07 Å². The van der Waals surface area contributed by atoms with Crippen LogP contribution in [0.1, 0.15) is 19.4 Å². The number of aliphatic hydroxyl groups excluding tert-OH is 1. The molecule has 0 aliphatic heterocycles. The van der Waals surface area contributed by atoms with Gasteiger partial charge in [-0.3, -0.25) is 0 Å². The predicted molar refractivity (Wildman–Crippen MR) is 65.5 cm³/mol. The average molecular weight is 240 g/mol. The SMILES string of the molecule is CCOCCOc1ccc(CO)cc1OCC. The molecule has 0 saturated carbocycles. The molecule has 0 heterocycles. The third-order valence-electron chi connectivity index (χ3n) is 2.18. The van der Waals surface area contributed by atoms with Crippen LogP contribution in [0.2, 0.25) is 0 Å². The Balaban J connectivity index is 2.62. The summed E-state index contributed by atoms with van der Waals surface area (Å²) in [5.74, 6) is 1.35. The Morgan fingerprint density at radius 1 is 1.00 bits per heavy atom. The molecule has 0 bridgehead atoms. The molecule has 1 aromatic rings. The summed E-state index contributed by atoms with van der Waals surface area (Å²) in [7, 11) is 0. The molecule has 17 heavy (non-hydrogen) atoms. The van der Waals surface area contributed by atoms with Gasteiger partial charge in [-0.2, -0.15) is 0 Å². The van der Waals surface area contributed by atoms with Crippen LogP contribution in [-0.4, -0.2) is 31.5 Å². The topological polar surface area (TPSA) is 47.9 Å². The minimum absolute atomic E-state index is 0.000694. The molecule has 0 aromatic heterocycles. The lowest BCUT2D eigenvalue weighted by Crippen LogP contribution is -2.07. The summed E-state index contributed by atoms with van der Waals surface area (Å²) in [5.41, 5.74) is 0.811. The molecular weight excluding hydrogens is 220 g/mol. The summed E-state index contributed by atoms with van der Waals surface area (Å²) >= 11 is 0. The van der Waals surface area contributed by atoms with Crippen molar-refractivity contribution in [1.29, 1.82) is 0 Å². The Bertz CT molecular complexity index is 325. The zero-order chi connectivity index (χ0) is 12.5. The van der Waals surface area contributed by atoms with Crippen molar-refractivity contribution in [2.45, 2.75) is 20.5 Å². The Kier molecular flexibility index (Phi) is 6.43. The largest absolute Gasteiger partial charge is 0.490 e. The van der Waals surface area contributed by atoms with E-state index in [2.05, 4.69) is 0 Å². The molecule has 0 amide bonds. The van der Waals surface area contributed by atoms with Gasteiger partial charge >= 0.3 is 0 Å². The minimum Gasteiger partial charge on any atom is -0.490 e. The first-order valence-corrected chi connectivity index (χ1v) is 5.88. The molecule has 1 aromatic carbocycles. The molecule has 0 unspecified atom stereocenters. The fourth-order valence-electron chi connectivity index (χ4n) is 1.39. The van der Waals surface area contributed by atoms with E-state index < -0.39 is 0 Å². The van der Waals surface area contributed by atoms with Gasteiger partial charge < -0.3 is 19.3 Å². The highest BCUT2D eigenvalue weighted by Gasteiger charge is 2.06. The fourth-order valence-corrected chi connectivity index (χ4v) is 1.39. The average Bonchev–Trinajstić information content (AvgIpc) is 2.36. The van der Waals surface area contributed by atoms with E-state index in [-0.39, 0.29) is 6.61 Å². The molecular formula is C13H20O4. The van der Waals surface area contributed by atoms with Gasteiger partial charge in [0.1, 0.15) is 6.61 Å². The summed E-state index contributed by atoms with van der Waals surface area (Å²) in [4.78, 5) is 0. The molecule has 4 nitrogen and oxygen atoms in total. The van der Waals surface area contributed by atoms with E-state index in [4.69, 9.17) is 19.3 Å². The van der Waals surface area contributed by atoms with E-state index in [0.717, 1.165) is 5.56 Å². The first kappa shape index (κ1) is 13.8. The van der Waals surface area contributed by atoms with E-state index in [1.165, 1.54) is 0 Å². The maximum Gasteiger partial charge on any atom is 0.161 e. The Morgan fingerprint density at radius 2 is 1.82 bits per heavy atom. The molecule has 4 heteroatoms. The van der Waals surface area contributed by atoms with Crippen LogP contribution in [0.4, 0.5) is 0 Å². The molecule has 0 atom stereocenters.